The first kappa shape index (κ1) is 19.8. The highest BCUT2D eigenvalue weighted by Gasteiger charge is 2.28. The van der Waals surface area contributed by atoms with E-state index in [0.717, 1.165) is 42.0 Å². The van der Waals surface area contributed by atoms with Crippen molar-refractivity contribution in [2.24, 2.45) is 0 Å². The Hall–Kier alpha value is -3.19. The molecule has 3 aromatic rings. The van der Waals surface area contributed by atoms with Gasteiger partial charge < -0.3 is 14.2 Å². The van der Waals surface area contributed by atoms with Gasteiger partial charge in [-0.3, -0.25) is 9.69 Å². The van der Waals surface area contributed by atoms with E-state index in [1.54, 1.807) is 0 Å². The van der Waals surface area contributed by atoms with Crippen LogP contribution < -0.4 is 4.74 Å². The number of amides is 1. The van der Waals surface area contributed by atoms with Gasteiger partial charge in [-0.05, 0) is 37.6 Å². The van der Waals surface area contributed by atoms with Crippen molar-refractivity contribution in [3.8, 4) is 17.1 Å². The highest BCUT2D eigenvalue weighted by molar-refractivity contribution is 5.94. The first-order chi connectivity index (χ1) is 15.1. The Balaban J connectivity index is 1.21. The minimum absolute atomic E-state index is 0.00101. The Kier molecular flexibility index (Phi) is 5.19. The van der Waals surface area contributed by atoms with E-state index in [2.05, 4.69) is 28.9 Å². The van der Waals surface area contributed by atoms with Crippen molar-refractivity contribution in [1.82, 2.24) is 19.9 Å². The highest BCUT2D eigenvalue weighted by atomic mass is 16.5. The van der Waals surface area contributed by atoms with Crippen LogP contribution in [-0.2, 0) is 6.42 Å². The third-order valence-electron chi connectivity index (χ3n) is 6.19. The molecule has 1 amide bonds. The summed E-state index contributed by atoms with van der Waals surface area (Å²) >= 11 is 0. The van der Waals surface area contributed by atoms with Gasteiger partial charge in [0.1, 0.15) is 5.75 Å². The number of benzene rings is 2. The molecule has 0 bridgehead atoms. The molecule has 7 nitrogen and oxygen atoms in total. The summed E-state index contributed by atoms with van der Waals surface area (Å²) in [6.45, 7) is 7.71. The maximum absolute atomic E-state index is 13.0. The van der Waals surface area contributed by atoms with Crippen molar-refractivity contribution >= 4 is 5.91 Å². The van der Waals surface area contributed by atoms with Crippen LogP contribution in [0.5, 0.6) is 5.75 Å². The smallest absolute Gasteiger partial charge is 0.253 e. The molecule has 2 aliphatic heterocycles. The van der Waals surface area contributed by atoms with Crippen LogP contribution in [0.25, 0.3) is 11.4 Å². The van der Waals surface area contributed by atoms with Crippen molar-refractivity contribution in [2.45, 2.75) is 26.3 Å². The Morgan fingerprint density at radius 3 is 2.61 bits per heavy atom. The van der Waals surface area contributed by atoms with Gasteiger partial charge in [-0.25, -0.2) is 0 Å². The molecule has 1 fully saturated rings. The quantitative estimate of drug-likeness (QED) is 0.646. The van der Waals surface area contributed by atoms with E-state index in [9.17, 15) is 4.79 Å². The van der Waals surface area contributed by atoms with Gasteiger partial charge in [-0.1, -0.05) is 35.0 Å². The number of hydrogen-bond donors (Lipinski definition) is 0. The van der Waals surface area contributed by atoms with E-state index in [-0.39, 0.29) is 11.9 Å². The van der Waals surface area contributed by atoms with Crippen LogP contribution >= 0.6 is 0 Å². The zero-order chi connectivity index (χ0) is 21.4. The van der Waals surface area contributed by atoms with Crippen LogP contribution in [0.4, 0.5) is 0 Å². The van der Waals surface area contributed by atoms with Crippen molar-refractivity contribution < 1.29 is 14.1 Å². The lowest BCUT2D eigenvalue weighted by atomic mass is 10.1. The number of piperazine rings is 1. The van der Waals surface area contributed by atoms with Crippen LogP contribution in [0.2, 0.25) is 0 Å². The molecule has 7 heteroatoms. The zero-order valence-electron chi connectivity index (χ0n) is 17.9. The number of fused-ring (bicyclic) bond motifs is 1. The molecule has 3 heterocycles. The van der Waals surface area contributed by atoms with Crippen molar-refractivity contribution in [3.63, 3.8) is 0 Å². The summed E-state index contributed by atoms with van der Waals surface area (Å²) in [5.74, 6) is 2.20. The first-order valence-corrected chi connectivity index (χ1v) is 10.8. The van der Waals surface area contributed by atoms with Gasteiger partial charge in [0.2, 0.25) is 11.7 Å². The molecular weight excluding hydrogens is 392 g/mol. The maximum Gasteiger partial charge on any atom is 0.253 e. The van der Waals surface area contributed by atoms with Crippen LogP contribution in [-0.4, -0.2) is 58.6 Å². The summed E-state index contributed by atoms with van der Waals surface area (Å²) < 4.78 is 11.1. The summed E-state index contributed by atoms with van der Waals surface area (Å²) in [5.41, 5.74) is 4.01. The SMILES string of the molecule is Cc1ccc(-c2noc(C(C)N3CCN(C(=O)c4ccc5c(c4)CCO5)CC3)n2)cc1. The Morgan fingerprint density at radius 1 is 1.06 bits per heavy atom. The summed E-state index contributed by atoms with van der Waals surface area (Å²) in [6.07, 6.45) is 0.872. The molecule has 1 unspecified atom stereocenters. The predicted molar refractivity (Wildman–Crippen MR) is 116 cm³/mol. The molecule has 160 valence electrons. The van der Waals surface area contributed by atoms with Gasteiger partial charge in [0.25, 0.3) is 5.91 Å². The maximum atomic E-state index is 13.0. The highest BCUT2D eigenvalue weighted by Crippen LogP contribution is 2.27. The van der Waals surface area contributed by atoms with Crippen LogP contribution in [0.1, 0.15) is 40.3 Å². The van der Waals surface area contributed by atoms with Gasteiger partial charge in [0, 0.05) is 43.7 Å². The number of carbonyl (C=O) groups is 1. The van der Waals surface area contributed by atoms with E-state index in [1.165, 1.54) is 5.56 Å². The van der Waals surface area contributed by atoms with Crippen LogP contribution in [0, 0.1) is 6.92 Å². The van der Waals surface area contributed by atoms with E-state index in [1.807, 2.05) is 47.4 Å². The lowest BCUT2D eigenvalue weighted by molar-refractivity contribution is 0.0551. The zero-order valence-corrected chi connectivity index (χ0v) is 17.9. The third kappa shape index (κ3) is 3.93. The number of hydrogen-bond acceptors (Lipinski definition) is 6. The topological polar surface area (TPSA) is 71.7 Å². The Bertz CT molecular complexity index is 1080. The van der Waals surface area contributed by atoms with Crippen molar-refractivity contribution in [3.05, 3.63) is 65.0 Å². The fourth-order valence-electron chi connectivity index (χ4n) is 4.20. The molecule has 5 rings (SSSR count). The second-order valence-electron chi connectivity index (χ2n) is 8.25. The number of aromatic nitrogens is 2. The van der Waals surface area contributed by atoms with Crippen molar-refractivity contribution in [2.75, 3.05) is 32.8 Å². The lowest BCUT2D eigenvalue weighted by Crippen LogP contribution is -2.49. The Morgan fingerprint density at radius 2 is 1.84 bits per heavy atom. The standard InChI is InChI=1S/C24H26N4O3/c1-16-3-5-18(6-4-16)22-25-23(31-26-22)17(2)27-10-12-28(13-11-27)24(29)20-7-8-21-19(15-20)9-14-30-21/h3-8,15,17H,9-14H2,1-2H3. The van der Waals surface area contributed by atoms with Gasteiger partial charge in [0.15, 0.2) is 0 Å². The molecule has 0 N–H and O–H groups in total. The number of ether oxygens (including phenoxy) is 1. The molecule has 1 saturated heterocycles. The molecule has 1 aromatic heterocycles. The number of rotatable bonds is 4. The van der Waals surface area contributed by atoms with Gasteiger partial charge >= 0.3 is 0 Å². The predicted octanol–water partition coefficient (Wildman–Crippen LogP) is 3.50. The molecule has 31 heavy (non-hydrogen) atoms. The molecule has 0 aliphatic carbocycles. The monoisotopic (exact) mass is 418 g/mol. The normalized spacial score (nSPS) is 17.3. The van der Waals surface area contributed by atoms with E-state index < -0.39 is 0 Å². The van der Waals surface area contributed by atoms with E-state index >= 15 is 0 Å². The Labute approximate surface area is 181 Å². The molecule has 1 atom stereocenters. The number of aryl methyl sites for hydroxylation is 1. The molecule has 0 radical (unpaired) electrons. The van der Waals surface area contributed by atoms with Gasteiger partial charge in [-0.2, -0.15) is 4.98 Å². The average molecular weight is 418 g/mol. The van der Waals surface area contributed by atoms with Gasteiger partial charge in [0.05, 0.1) is 12.6 Å². The van der Waals surface area contributed by atoms with Crippen LogP contribution in [0.15, 0.2) is 47.0 Å². The molecular formula is C24H26N4O3. The summed E-state index contributed by atoms with van der Waals surface area (Å²) in [7, 11) is 0. The molecule has 0 spiro atoms. The summed E-state index contributed by atoms with van der Waals surface area (Å²) in [4.78, 5) is 21.8. The average Bonchev–Trinajstić information content (AvgIpc) is 3.48. The largest absolute Gasteiger partial charge is 0.493 e. The van der Waals surface area contributed by atoms with Crippen LogP contribution in [0.3, 0.4) is 0 Å². The molecule has 2 aromatic carbocycles. The second kappa shape index (κ2) is 8.15. The minimum Gasteiger partial charge on any atom is -0.493 e. The van der Waals surface area contributed by atoms with E-state index in [0.29, 0.717) is 31.4 Å². The second-order valence-corrected chi connectivity index (χ2v) is 8.25. The van der Waals surface area contributed by atoms with Gasteiger partial charge in [-0.15, -0.1) is 0 Å². The van der Waals surface area contributed by atoms with E-state index in [4.69, 9.17) is 9.26 Å². The molecule has 0 saturated carbocycles. The third-order valence-corrected chi connectivity index (χ3v) is 6.19. The number of nitrogens with zero attached hydrogens (tertiary/aromatic N) is 4. The minimum atomic E-state index is 0.00101. The molecule has 2 aliphatic rings. The number of carbonyl (C=O) groups excluding carboxylic acids is 1. The fraction of sp³-hybridized carbons (Fsp3) is 0.375. The first-order valence-electron chi connectivity index (χ1n) is 10.8. The summed E-state index contributed by atoms with van der Waals surface area (Å²) in [5, 5.41) is 4.16. The lowest BCUT2D eigenvalue weighted by Gasteiger charge is -2.36. The fourth-order valence-corrected chi connectivity index (χ4v) is 4.20. The summed E-state index contributed by atoms with van der Waals surface area (Å²) in [6, 6.07) is 13.8. The van der Waals surface area contributed by atoms with Crippen molar-refractivity contribution in [1.29, 1.82) is 0 Å².